The van der Waals surface area contributed by atoms with Crippen LogP contribution < -0.4 is 0 Å². The van der Waals surface area contributed by atoms with Gasteiger partial charge in [0.05, 0.1) is 13.2 Å². The molecule has 84 valence electrons. The molecule has 0 aromatic carbocycles. The zero-order valence-electron chi connectivity index (χ0n) is 8.78. The van der Waals surface area contributed by atoms with Gasteiger partial charge in [0.2, 0.25) is 0 Å². The van der Waals surface area contributed by atoms with E-state index in [1.54, 1.807) is 30.4 Å². The van der Waals surface area contributed by atoms with Crippen molar-refractivity contribution in [3.63, 3.8) is 0 Å². The van der Waals surface area contributed by atoms with Crippen LogP contribution in [0.1, 0.15) is 13.3 Å². The molecule has 0 aliphatic heterocycles. The standard InChI is InChI=1S/C9H18O3S2/c1-3-9(10)12-8-14-7-5-11-4-6-13-2/h3-8H2,1-2H3. The van der Waals surface area contributed by atoms with E-state index in [0.29, 0.717) is 12.4 Å². The Morgan fingerprint density at radius 2 is 2.00 bits per heavy atom. The fourth-order valence-electron chi connectivity index (χ4n) is 0.631. The van der Waals surface area contributed by atoms with Gasteiger partial charge < -0.3 is 9.47 Å². The summed E-state index contributed by atoms with van der Waals surface area (Å²) in [6, 6.07) is 0. The second kappa shape index (κ2) is 11.2. The summed E-state index contributed by atoms with van der Waals surface area (Å²) in [5, 5.41) is 0. The third-order valence-electron chi connectivity index (χ3n) is 1.40. The van der Waals surface area contributed by atoms with Crippen LogP contribution in [-0.4, -0.2) is 42.9 Å². The quantitative estimate of drug-likeness (QED) is 0.349. The summed E-state index contributed by atoms with van der Waals surface area (Å²) < 4.78 is 10.2. The Labute approximate surface area is 94.3 Å². The minimum Gasteiger partial charge on any atom is -0.455 e. The van der Waals surface area contributed by atoms with Crippen molar-refractivity contribution >= 4 is 29.5 Å². The summed E-state index contributed by atoms with van der Waals surface area (Å²) in [4.78, 5) is 10.7. The lowest BCUT2D eigenvalue weighted by Crippen LogP contribution is -2.05. The van der Waals surface area contributed by atoms with Gasteiger partial charge in [-0.05, 0) is 6.26 Å². The minimum atomic E-state index is -0.138. The first-order valence-electron chi connectivity index (χ1n) is 4.61. The van der Waals surface area contributed by atoms with Gasteiger partial charge in [0.25, 0.3) is 0 Å². The smallest absolute Gasteiger partial charge is 0.306 e. The maximum absolute atomic E-state index is 10.7. The number of carbonyl (C=O) groups is 1. The molecule has 14 heavy (non-hydrogen) atoms. The van der Waals surface area contributed by atoms with E-state index in [0.717, 1.165) is 24.7 Å². The molecule has 3 nitrogen and oxygen atoms in total. The molecule has 0 rings (SSSR count). The Bertz CT molecular complexity index is 142. The van der Waals surface area contributed by atoms with Crippen LogP contribution >= 0.6 is 23.5 Å². The molecular formula is C9H18O3S2. The molecule has 0 amide bonds. The van der Waals surface area contributed by atoms with E-state index in [1.165, 1.54) is 0 Å². The Morgan fingerprint density at radius 3 is 2.64 bits per heavy atom. The minimum absolute atomic E-state index is 0.138. The third kappa shape index (κ3) is 10.2. The number of hydrogen-bond donors (Lipinski definition) is 0. The van der Waals surface area contributed by atoms with Crippen molar-refractivity contribution in [3.05, 3.63) is 0 Å². The summed E-state index contributed by atoms with van der Waals surface area (Å²) in [7, 11) is 0. The van der Waals surface area contributed by atoms with Crippen molar-refractivity contribution in [2.24, 2.45) is 0 Å². The topological polar surface area (TPSA) is 35.5 Å². The highest BCUT2D eigenvalue weighted by atomic mass is 32.2. The Balaban J connectivity index is 2.95. The molecular weight excluding hydrogens is 220 g/mol. The van der Waals surface area contributed by atoms with E-state index in [4.69, 9.17) is 9.47 Å². The van der Waals surface area contributed by atoms with Crippen LogP contribution in [0, 0.1) is 0 Å². The number of rotatable bonds is 9. The Hall–Kier alpha value is 0.130. The molecule has 0 unspecified atom stereocenters. The van der Waals surface area contributed by atoms with Crippen molar-refractivity contribution < 1.29 is 14.3 Å². The molecule has 0 spiro atoms. The first-order chi connectivity index (χ1) is 6.81. The normalized spacial score (nSPS) is 10.1. The van der Waals surface area contributed by atoms with E-state index in [-0.39, 0.29) is 5.97 Å². The number of hydrogen-bond acceptors (Lipinski definition) is 5. The summed E-state index contributed by atoms with van der Waals surface area (Å²) in [6.07, 6.45) is 2.51. The molecule has 0 saturated heterocycles. The second-order valence-electron chi connectivity index (χ2n) is 2.50. The molecule has 0 saturated carbocycles. The predicted octanol–water partition coefficient (Wildman–Crippen LogP) is 2.01. The molecule has 0 aromatic heterocycles. The van der Waals surface area contributed by atoms with Crippen molar-refractivity contribution in [3.8, 4) is 0 Å². The van der Waals surface area contributed by atoms with Gasteiger partial charge in [-0.15, -0.1) is 11.8 Å². The fourth-order valence-corrected chi connectivity index (χ4v) is 1.48. The molecule has 0 aliphatic rings. The monoisotopic (exact) mass is 238 g/mol. The lowest BCUT2D eigenvalue weighted by molar-refractivity contribution is -0.140. The lowest BCUT2D eigenvalue weighted by atomic mass is 10.5. The van der Waals surface area contributed by atoms with Gasteiger partial charge in [0, 0.05) is 17.9 Å². The zero-order chi connectivity index (χ0) is 10.6. The Morgan fingerprint density at radius 1 is 1.29 bits per heavy atom. The number of thioether (sulfide) groups is 2. The molecule has 5 heteroatoms. The Kier molecular flexibility index (Phi) is 11.3. The van der Waals surface area contributed by atoms with E-state index >= 15 is 0 Å². The number of esters is 1. The molecule has 0 atom stereocenters. The van der Waals surface area contributed by atoms with Crippen LogP contribution in [0.4, 0.5) is 0 Å². The largest absolute Gasteiger partial charge is 0.455 e. The average Bonchev–Trinajstić information content (AvgIpc) is 2.21. The molecule has 0 bridgehead atoms. The third-order valence-corrected chi connectivity index (χ3v) is 2.71. The van der Waals surface area contributed by atoms with Gasteiger partial charge in [-0.25, -0.2) is 0 Å². The van der Waals surface area contributed by atoms with Crippen LogP contribution in [0.15, 0.2) is 0 Å². The molecule has 0 heterocycles. The van der Waals surface area contributed by atoms with E-state index in [2.05, 4.69) is 6.26 Å². The van der Waals surface area contributed by atoms with Gasteiger partial charge in [0.15, 0.2) is 0 Å². The SMILES string of the molecule is CCC(=O)OCSCCOCCSC. The molecule has 0 fully saturated rings. The van der Waals surface area contributed by atoms with E-state index in [9.17, 15) is 4.79 Å². The fraction of sp³-hybridized carbons (Fsp3) is 0.889. The highest BCUT2D eigenvalue weighted by Crippen LogP contribution is 2.01. The van der Waals surface area contributed by atoms with Crippen molar-refractivity contribution in [2.45, 2.75) is 13.3 Å². The predicted molar refractivity (Wildman–Crippen MR) is 62.9 cm³/mol. The molecule has 0 N–H and O–H groups in total. The van der Waals surface area contributed by atoms with Gasteiger partial charge in [-0.1, -0.05) is 6.92 Å². The first-order valence-corrected chi connectivity index (χ1v) is 7.16. The van der Waals surface area contributed by atoms with Crippen LogP contribution in [-0.2, 0) is 14.3 Å². The van der Waals surface area contributed by atoms with Crippen LogP contribution in [0.2, 0.25) is 0 Å². The summed E-state index contributed by atoms with van der Waals surface area (Å²) in [5.74, 6) is 2.22. The molecule has 0 aromatic rings. The van der Waals surface area contributed by atoms with Crippen molar-refractivity contribution in [1.82, 2.24) is 0 Å². The number of carbonyl (C=O) groups excluding carboxylic acids is 1. The summed E-state index contributed by atoms with van der Waals surface area (Å²) in [6.45, 7) is 3.32. The summed E-state index contributed by atoms with van der Waals surface area (Å²) >= 11 is 3.36. The number of ether oxygens (including phenoxy) is 2. The van der Waals surface area contributed by atoms with E-state index in [1.807, 2.05) is 0 Å². The van der Waals surface area contributed by atoms with Gasteiger partial charge >= 0.3 is 5.97 Å². The molecule has 0 radical (unpaired) electrons. The van der Waals surface area contributed by atoms with Crippen LogP contribution in [0.25, 0.3) is 0 Å². The van der Waals surface area contributed by atoms with Crippen molar-refractivity contribution in [1.29, 1.82) is 0 Å². The highest BCUT2D eigenvalue weighted by Gasteiger charge is 1.97. The highest BCUT2D eigenvalue weighted by molar-refractivity contribution is 7.99. The van der Waals surface area contributed by atoms with Crippen LogP contribution in [0.5, 0.6) is 0 Å². The average molecular weight is 238 g/mol. The summed E-state index contributed by atoms with van der Waals surface area (Å²) in [5.41, 5.74) is 0. The van der Waals surface area contributed by atoms with Gasteiger partial charge in [-0.2, -0.15) is 11.8 Å². The van der Waals surface area contributed by atoms with Gasteiger partial charge in [-0.3, -0.25) is 4.79 Å². The molecule has 0 aliphatic carbocycles. The van der Waals surface area contributed by atoms with E-state index < -0.39 is 0 Å². The van der Waals surface area contributed by atoms with Crippen molar-refractivity contribution in [2.75, 3.05) is 36.9 Å². The maximum Gasteiger partial charge on any atom is 0.306 e. The second-order valence-corrected chi connectivity index (χ2v) is 4.54. The zero-order valence-corrected chi connectivity index (χ0v) is 10.4. The first kappa shape index (κ1) is 14.1. The van der Waals surface area contributed by atoms with Gasteiger partial charge in [0.1, 0.15) is 5.94 Å². The maximum atomic E-state index is 10.7. The van der Waals surface area contributed by atoms with Crippen LogP contribution in [0.3, 0.4) is 0 Å². The lowest BCUT2D eigenvalue weighted by Gasteiger charge is -2.04.